The molecule has 0 amide bonds. The first-order valence-corrected chi connectivity index (χ1v) is 9.22. The van der Waals surface area contributed by atoms with E-state index in [0.717, 1.165) is 10.0 Å². The molecule has 1 aromatic heterocycles. The van der Waals surface area contributed by atoms with Crippen LogP contribution in [0.25, 0.3) is 10.9 Å². The van der Waals surface area contributed by atoms with Crippen molar-refractivity contribution in [1.82, 2.24) is 9.55 Å². The van der Waals surface area contributed by atoms with E-state index in [0.29, 0.717) is 33.9 Å². The van der Waals surface area contributed by atoms with E-state index in [1.54, 1.807) is 16.7 Å². The average Bonchev–Trinajstić information content (AvgIpc) is 2.61. The third kappa shape index (κ3) is 3.37. The summed E-state index contributed by atoms with van der Waals surface area (Å²) in [5.41, 5.74) is 2.41. The molecule has 6 heteroatoms. The normalized spacial score (nSPS) is 10.7. The fourth-order valence-corrected chi connectivity index (χ4v) is 3.77. The third-order valence-electron chi connectivity index (χ3n) is 3.65. The van der Waals surface area contributed by atoms with E-state index in [2.05, 4.69) is 27.0 Å². The van der Waals surface area contributed by atoms with Crippen molar-refractivity contribution in [3.8, 4) is 6.07 Å². The summed E-state index contributed by atoms with van der Waals surface area (Å²) in [6.45, 7) is 2.52. The Bertz CT molecular complexity index is 990. The number of nitriles is 1. The van der Waals surface area contributed by atoms with Gasteiger partial charge in [0.05, 0.1) is 22.5 Å². The number of nitrogens with zero attached hydrogens (tertiary/aromatic N) is 3. The van der Waals surface area contributed by atoms with Crippen molar-refractivity contribution < 1.29 is 0 Å². The lowest BCUT2D eigenvalue weighted by Crippen LogP contribution is -2.22. The molecular weight excluding hydrogens is 386 g/mol. The Morgan fingerprint density at radius 1 is 1.25 bits per heavy atom. The number of thioether (sulfide) groups is 1. The SMILES string of the molecule is CCn1c(SCc2ccc(C#N)cc2)nc2ccc(Br)cc2c1=O. The summed E-state index contributed by atoms with van der Waals surface area (Å²) in [4.78, 5) is 17.3. The van der Waals surface area contributed by atoms with Crippen LogP contribution in [-0.4, -0.2) is 9.55 Å². The van der Waals surface area contributed by atoms with Crippen LogP contribution in [-0.2, 0) is 12.3 Å². The highest BCUT2D eigenvalue weighted by molar-refractivity contribution is 9.10. The first-order valence-electron chi connectivity index (χ1n) is 7.44. The molecule has 0 N–H and O–H groups in total. The van der Waals surface area contributed by atoms with Crippen molar-refractivity contribution in [1.29, 1.82) is 5.26 Å². The van der Waals surface area contributed by atoms with Gasteiger partial charge in [0.15, 0.2) is 5.16 Å². The fourth-order valence-electron chi connectivity index (χ4n) is 2.39. The van der Waals surface area contributed by atoms with Crippen molar-refractivity contribution in [2.45, 2.75) is 24.4 Å². The first-order chi connectivity index (χ1) is 11.6. The van der Waals surface area contributed by atoms with Crippen molar-refractivity contribution in [2.24, 2.45) is 0 Å². The van der Waals surface area contributed by atoms with E-state index < -0.39 is 0 Å². The van der Waals surface area contributed by atoms with Crippen LogP contribution in [0.15, 0.2) is 56.9 Å². The van der Waals surface area contributed by atoms with Gasteiger partial charge in [-0.3, -0.25) is 9.36 Å². The van der Waals surface area contributed by atoms with Crippen molar-refractivity contribution >= 4 is 38.6 Å². The van der Waals surface area contributed by atoms with Gasteiger partial charge in [0.1, 0.15) is 0 Å². The molecule has 3 aromatic rings. The minimum atomic E-state index is -0.0221. The van der Waals surface area contributed by atoms with Crippen molar-refractivity contribution in [3.05, 3.63) is 68.4 Å². The summed E-state index contributed by atoms with van der Waals surface area (Å²) in [5, 5.41) is 10.2. The molecule has 2 aromatic carbocycles. The molecule has 0 saturated carbocycles. The van der Waals surface area contributed by atoms with Gasteiger partial charge in [0.25, 0.3) is 5.56 Å². The Hall–Kier alpha value is -2.10. The maximum atomic E-state index is 12.7. The molecule has 0 spiro atoms. The number of aromatic nitrogens is 2. The van der Waals surface area contributed by atoms with Gasteiger partial charge in [-0.15, -0.1) is 0 Å². The molecule has 0 fully saturated rings. The summed E-state index contributed by atoms with van der Waals surface area (Å²) >= 11 is 4.93. The van der Waals surface area contributed by atoms with Crippen LogP contribution in [0.3, 0.4) is 0 Å². The number of hydrogen-bond donors (Lipinski definition) is 0. The number of fused-ring (bicyclic) bond motifs is 1. The van der Waals surface area contributed by atoms with E-state index in [-0.39, 0.29) is 5.56 Å². The predicted octanol–water partition coefficient (Wildman–Crippen LogP) is 4.34. The number of halogens is 1. The zero-order chi connectivity index (χ0) is 17.1. The zero-order valence-corrected chi connectivity index (χ0v) is 15.4. The van der Waals surface area contributed by atoms with E-state index >= 15 is 0 Å². The second kappa shape index (κ2) is 7.20. The van der Waals surface area contributed by atoms with Crippen molar-refractivity contribution in [3.63, 3.8) is 0 Å². The lowest BCUT2D eigenvalue weighted by atomic mass is 10.2. The van der Waals surface area contributed by atoms with Gasteiger partial charge < -0.3 is 0 Å². The minimum Gasteiger partial charge on any atom is -0.287 e. The van der Waals surface area contributed by atoms with Crippen LogP contribution in [0, 0.1) is 11.3 Å². The van der Waals surface area contributed by atoms with Gasteiger partial charge in [-0.05, 0) is 42.8 Å². The fraction of sp³-hybridized carbons (Fsp3) is 0.167. The topological polar surface area (TPSA) is 58.7 Å². The molecule has 0 atom stereocenters. The van der Waals surface area contributed by atoms with Crippen LogP contribution in [0.4, 0.5) is 0 Å². The highest BCUT2D eigenvalue weighted by Crippen LogP contribution is 2.23. The molecule has 0 aliphatic rings. The van der Waals surface area contributed by atoms with E-state index in [1.807, 2.05) is 37.3 Å². The molecule has 1 heterocycles. The molecule has 24 heavy (non-hydrogen) atoms. The Labute approximate surface area is 152 Å². The van der Waals surface area contributed by atoms with Crippen LogP contribution < -0.4 is 5.56 Å². The first kappa shape index (κ1) is 16.7. The third-order valence-corrected chi connectivity index (χ3v) is 5.19. The highest BCUT2D eigenvalue weighted by Gasteiger charge is 2.11. The standard InChI is InChI=1S/C18H14BrN3OS/c1-2-22-17(23)15-9-14(19)7-8-16(15)21-18(22)24-11-13-5-3-12(10-20)4-6-13/h3-9H,2,11H2,1H3. The zero-order valence-electron chi connectivity index (χ0n) is 13.0. The summed E-state index contributed by atoms with van der Waals surface area (Å²) in [5.74, 6) is 0.695. The Morgan fingerprint density at radius 2 is 2.00 bits per heavy atom. The molecule has 0 aliphatic carbocycles. The van der Waals surface area contributed by atoms with Gasteiger partial charge in [0, 0.05) is 16.8 Å². The molecule has 0 bridgehead atoms. The molecule has 3 rings (SSSR count). The second-order valence-corrected chi connectivity index (χ2v) is 7.06. The maximum absolute atomic E-state index is 12.7. The van der Waals surface area contributed by atoms with Crippen LogP contribution in [0.2, 0.25) is 0 Å². The van der Waals surface area contributed by atoms with E-state index in [9.17, 15) is 4.79 Å². The molecule has 0 unspecified atom stereocenters. The maximum Gasteiger partial charge on any atom is 0.262 e. The highest BCUT2D eigenvalue weighted by atomic mass is 79.9. The Morgan fingerprint density at radius 3 is 2.67 bits per heavy atom. The summed E-state index contributed by atoms with van der Waals surface area (Å²) < 4.78 is 2.57. The lowest BCUT2D eigenvalue weighted by Gasteiger charge is -2.11. The van der Waals surface area contributed by atoms with Crippen LogP contribution in [0.1, 0.15) is 18.1 Å². The van der Waals surface area contributed by atoms with Gasteiger partial charge in [-0.2, -0.15) is 5.26 Å². The summed E-state index contributed by atoms with van der Waals surface area (Å²) in [7, 11) is 0. The van der Waals surface area contributed by atoms with Gasteiger partial charge >= 0.3 is 0 Å². The molecule has 0 radical (unpaired) electrons. The van der Waals surface area contributed by atoms with Crippen molar-refractivity contribution in [2.75, 3.05) is 0 Å². The lowest BCUT2D eigenvalue weighted by molar-refractivity contribution is 0.634. The number of rotatable bonds is 4. The summed E-state index contributed by atoms with van der Waals surface area (Å²) in [6, 6.07) is 15.1. The smallest absolute Gasteiger partial charge is 0.262 e. The largest absolute Gasteiger partial charge is 0.287 e. The van der Waals surface area contributed by atoms with Gasteiger partial charge in [0.2, 0.25) is 0 Å². The monoisotopic (exact) mass is 399 g/mol. The summed E-state index contributed by atoms with van der Waals surface area (Å²) in [6.07, 6.45) is 0. The second-order valence-electron chi connectivity index (χ2n) is 5.20. The van der Waals surface area contributed by atoms with Gasteiger partial charge in [-0.25, -0.2) is 4.98 Å². The van der Waals surface area contributed by atoms with Gasteiger partial charge in [-0.1, -0.05) is 39.8 Å². The molecule has 0 saturated heterocycles. The van der Waals surface area contributed by atoms with Crippen LogP contribution >= 0.6 is 27.7 Å². The van der Waals surface area contributed by atoms with E-state index in [1.165, 1.54) is 11.8 Å². The number of hydrogen-bond acceptors (Lipinski definition) is 4. The minimum absolute atomic E-state index is 0.0221. The molecule has 0 aliphatic heterocycles. The van der Waals surface area contributed by atoms with Crippen LogP contribution in [0.5, 0.6) is 0 Å². The molecule has 120 valence electrons. The molecule has 4 nitrogen and oxygen atoms in total. The Kier molecular flexibility index (Phi) is 5.03. The predicted molar refractivity (Wildman–Crippen MR) is 100 cm³/mol. The quantitative estimate of drug-likeness (QED) is 0.483. The average molecular weight is 400 g/mol. The van der Waals surface area contributed by atoms with E-state index in [4.69, 9.17) is 5.26 Å². The number of benzene rings is 2. The molecular formula is C18H14BrN3OS. The Balaban J connectivity index is 1.95.